The quantitative estimate of drug-likeness (QED) is 0.673. The third kappa shape index (κ3) is 4.56. The molecule has 0 aliphatic carbocycles. The lowest BCUT2D eigenvalue weighted by Crippen LogP contribution is -2.43. The van der Waals surface area contributed by atoms with E-state index in [-0.39, 0.29) is 5.82 Å². The van der Waals surface area contributed by atoms with Gasteiger partial charge in [0, 0.05) is 19.6 Å². The summed E-state index contributed by atoms with van der Waals surface area (Å²) in [5, 5.41) is 21.6. The third-order valence-electron chi connectivity index (χ3n) is 5.90. The number of hydrogen-bond donors (Lipinski definition) is 2. The van der Waals surface area contributed by atoms with E-state index in [1.54, 1.807) is 12.1 Å². The molecule has 3 aromatic rings. The number of aliphatic hydroxyl groups is 2. The largest absolute Gasteiger partial charge is 0.387 e. The van der Waals surface area contributed by atoms with Gasteiger partial charge in [-0.15, -0.1) is 0 Å². The fourth-order valence-electron chi connectivity index (χ4n) is 4.03. The van der Waals surface area contributed by atoms with Crippen molar-refractivity contribution in [3.63, 3.8) is 0 Å². The van der Waals surface area contributed by atoms with Crippen LogP contribution in [0.15, 0.2) is 78.9 Å². The molecule has 0 unspecified atom stereocenters. The summed E-state index contributed by atoms with van der Waals surface area (Å²) in [5.74, 6) is -0.295. The summed E-state index contributed by atoms with van der Waals surface area (Å²) in [6, 6.07) is 24.3. The minimum Gasteiger partial charge on any atom is -0.387 e. The normalized spacial score (nSPS) is 17.8. The van der Waals surface area contributed by atoms with Crippen LogP contribution in [0.4, 0.5) is 4.39 Å². The standard InChI is InChI=1S/C25H26FNO2/c26-23-12-10-22(11-13-23)25(29)14-16-27(17-15-25)18-24(28)21-8-6-20(7-9-21)19-4-2-1-3-5-19/h1-13,24,28-29H,14-18H2/t24-/m1/s1. The van der Waals surface area contributed by atoms with E-state index in [0.717, 1.165) is 22.3 Å². The third-order valence-corrected chi connectivity index (χ3v) is 5.90. The van der Waals surface area contributed by atoms with Gasteiger partial charge in [0.15, 0.2) is 0 Å². The van der Waals surface area contributed by atoms with E-state index in [4.69, 9.17) is 0 Å². The molecule has 4 heteroatoms. The van der Waals surface area contributed by atoms with Crippen molar-refractivity contribution in [2.24, 2.45) is 0 Å². The smallest absolute Gasteiger partial charge is 0.123 e. The Morgan fingerprint density at radius 3 is 2.03 bits per heavy atom. The highest BCUT2D eigenvalue weighted by Gasteiger charge is 2.34. The van der Waals surface area contributed by atoms with Gasteiger partial charge in [-0.05, 0) is 47.2 Å². The number of likely N-dealkylation sites (tertiary alicyclic amines) is 1. The van der Waals surface area contributed by atoms with Crippen LogP contribution in [0.3, 0.4) is 0 Å². The molecule has 29 heavy (non-hydrogen) atoms. The molecule has 150 valence electrons. The Morgan fingerprint density at radius 2 is 1.41 bits per heavy atom. The molecule has 1 aliphatic rings. The second kappa shape index (κ2) is 8.46. The van der Waals surface area contributed by atoms with Gasteiger partial charge < -0.3 is 15.1 Å². The van der Waals surface area contributed by atoms with E-state index >= 15 is 0 Å². The molecule has 1 saturated heterocycles. The van der Waals surface area contributed by atoms with Crippen molar-refractivity contribution >= 4 is 0 Å². The van der Waals surface area contributed by atoms with Crippen LogP contribution in [0.5, 0.6) is 0 Å². The molecule has 2 N–H and O–H groups in total. The zero-order valence-electron chi connectivity index (χ0n) is 16.3. The van der Waals surface area contributed by atoms with Gasteiger partial charge in [-0.25, -0.2) is 4.39 Å². The molecule has 0 aromatic heterocycles. The molecule has 1 fully saturated rings. The monoisotopic (exact) mass is 391 g/mol. The maximum absolute atomic E-state index is 13.1. The molecule has 0 saturated carbocycles. The SMILES string of the molecule is O[C@H](CN1CCC(O)(c2ccc(F)cc2)CC1)c1ccc(-c2ccccc2)cc1. The molecule has 3 aromatic carbocycles. The summed E-state index contributed by atoms with van der Waals surface area (Å²) in [6.45, 7) is 1.91. The highest BCUT2D eigenvalue weighted by Crippen LogP contribution is 2.33. The number of benzene rings is 3. The van der Waals surface area contributed by atoms with Crippen molar-refractivity contribution in [2.45, 2.75) is 24.5 Å². The highest BCUT2D eigenvalue weighted by molar-refractivity contribution is 5.63. The molecule has 3 nitrogen and oxygen atoms in total. The Balaban J connectivity index is 1.35. The number of piperidine rings is 1. The van der Waals surface area contributed by atoms with E-state index in [1.165, 1.54) is 12.1 Å². The maximum Gasteiger partial charge on any atom is 0.123 e. The zero-order chi connectivity index (χ0) is 20.3. The van der Waals surface area contributed by atoms with E-state index in [2.05, 4.69) is 17.0 Å². The molecular weight excluding hydrogens is 365 g/mol. The van der Waals surface area contributed by atoms with Gasteiger partial charge in [0.25, 0.3) is 0 Å². The van der Waals surface area contributed by atoms with Crippen LogP contribution in [-0.2, 0) is 5.60 Å². The lowest BCUT2D eigenvalue weighted by atomic mass is 9.84. The molecule has 0 amide bonds. The molecule has 1 heterocycles. The van der Waals surface area contributed by atoms with Crippen molar-refractivity contribution in [2.75, 3.05) is 19.6 Å². The van der Waals surface area contributed by atoms with Gasteiger partial charge in [0.2, 0.25) is 0 Å². The lowest BCUT2D eigenvalue weighted by Gasteiger charge is -2.39. The molecule has 1 aliphatic heterocycles. The van der Waals surface area contributed by atoms with Crippen LogP contribution in [0.25, 0.3) is 11.1 Å². The van der Waals surface area contributed by atoms with Crippen LogP contribution in [0.2, 0.25) is 0 Å². The van der Waals surface area contributed by atoms with Gasteiger partial charge in [-0.3, -0.25) is 0 Å². The summed E-state index contributed by atoms with van der Waals surface area (Å²) < 4.78 is 13.1. The molecular formula is C25H26FNO2. The van der Waals surface area contributed by atoms with Crippen molar-refractivity contribution in [3.8, 4) is 11.1 Å². The number of nitrogens with zero attached hydrogens (tertiary/aromatic N) is 1. The van der Waals surface area contributed by atoms with Gasteiger partial charge in [-0.1, -0.05) is 66.7 Å². The first-order valence-electron chi connectivity index (χ1n) is 10.1. The summed E-state index contributed by atoms with van der Waals surface area (Å²) in [6.07, 6.45) is 0.563. The number of halogens is 1. The predicted molar refractivity (Wildman–Crippen MR) is 113 cm³/mol. The predicted octanol–water partition coefficient (Wildman–Crippen LogP) is 4.51. The Labute approximate surface area is 171 Å². The van der Waals surface area contributed by atoms with Crippen LogP contribution >= 0.6 is 0 Å². The Morgan fingerprint density at radius 1 is 0.828 bits per heavy atom. The second-order valence-corrected chi connectivity index (χ2v) is 7.84. The van der Waals surface area contributed by atoms with E-state index < -0.39 is 11.7 Å². The Kier molecular flexibility index (Phi) is 5.76. The minimum absolute atomic E-state index is 0.295. The van der Waals surface area contributed by atoms with Crippen LogP contribution in [0.1, 0.15) is 30.1 Å². The van der Waals surface area contributed by atoms with Gasteiger partial charge in [0.05, 0.1) is 11.7 Å². The molecule has 0 bridgehead atoms. The fraction of sp³-hybridized carbons (Fsp3) is 0.280. The summed E-state index contributed by atoms with van der Waals surface area (Å²) >= 11 is 0. The molecule has 4 rings (SSSR count). The van der Waals surface area contributed by atoms with Crippen LogP contribution in [-0.4, -0.2) is 34.7 Å². The molecule has 0 radical (unpaired) electrons. The highest BCUT2D eigenvalue weighted by atomic mass is 19.1. The minimum atomic E-state index is -0.924. The van der Waals surface area contributed by atoms with Crippen LogP contribution in [0, 0.1) is 5.82 Å². The topological polar surface area (TPSA) is 43.7 Å². The van der Waals surface area contributed by atoms with Crippen molar-refractivity contribution in [1.82, 2.24) is 4.90 Å². The van der Waals surface area contributed by atoms with Crippen molar-refractivity contribution in [3.05, 3.63) is 95.8 Å². The lowest BCUT2D eigenvalue weighted by molar-refractivity contribution is -0.0345. The number of aliphatic hydroxyl groups excluding tert-OH is 1. The average Bonchev–Trinajstić information content (AvgIpc) is 2.76. The van der Waals surface area contributed by atoms with Gasteiger partial charge in [-0.2, -0.15) is 0 Å². The van der Waals surface area contributed by atoms with E-state index in [1.807, 2.05) is 42.5 Å². The van der Waals surface area contributed by atoms with E-state index in [9.17, 15) is 14.6 Å². The second-order valence-electron chi connectivity index (χ2n) is 7.84. The summed E-state index contributed by atoms with van der Waals surface area (Å²) in [7, 11) is 0. The van der Waals surface area contributed by atoms with Gasteiger partial charge in [0.1, 0.15) is 5.82 Å². The molecule has 1 atom stereocenters. The van der Waals surface area contributed by atoms with Gasteiger partial charge >= 0.3 is 0 Å². The fourth-order valence-corrected chi connectivity index (χ4v) is 4.03. The number of hydrogen-bond acceptors (Lipinski definition) is 3. The summed E-state index contributed by atoms with van der Waals surface area (Å²) in [5.41, 5.74) is 3.01. The first-order valence-corrected chi connectivity index (χ1v) is 10.1. The zero-order valence-corrected chi connectivity index (χ0v) is 16.3. The van der Waals surface area contributed by atoms with Crippen molar-refractivity contribution < 1.29 is 14.6 Å². The van der Waals surface area contributed by atoms with E-state index in [0.29, 0.717) is 32.5 Å². The Bertz CT molecular complexity index is 917. The number of rotatable bonds is 5. The number of β-amino-alcohol motifs (C(OH)–C–C–N with tert-alkyl or cyclic N) is 1. The van der Waals surface area contributed by atoms with Crippen LogP contribution < -0.4 is 0 Å². The average molecular weight is 391 g/mol. The Hall–Kier alpha value is -2.53. The first kappa shape index (κ1) is 19.8. The summed E-state index contributed by atoms with van der Waals surface area (Å²) in [4.78, 5) is 2.17. The maximum atomic E-state index is 13.1. The molecule has 0 spiro atoms. The van der Waals surface area contributed by atoms with Crippen molar-refractivity contribution in [1.29, 1.82) is 0 Å². The first-order chi connectivity index (χ1) is 14.0.